The van der Waals surface area contributed by atoms with Gasteiger partial charge in [0.05, 0.1) is 24.4 Å². The smallest absolute Gasteiger partial charge is 0.278 e. The molecule has 0 aliphatic rings. The number of sulfonamides is 1. The number of nitrogens with zero attached hydrogens (tertiary/aromatic N) is 2. The van der Waals surface area contributed by atoms with Crippen molar-refractivity contribution in [2.45, 2.75) is 5.03 Å². The minimum absolute atomic E-state index is 0.0233. The van der Waals surface area contributed by atoms with Crippen molar-refractivity contribution in [1.29, 1.82) is 0 Å². The van der Waals surface area contributed by atoms with Crippen LogP contribution >= 0.6 is 0 Å². The Morgan fingerprint density at radius 2 is 1.90 bits per heavy atom. The fourth-order valence-corrected chi connectivity index (χ4v) is 2.70. The third-order valence-corrected chi connectivity index (χ3v) is 4.02. The van der Waals surface area contributed by atoms with Crippen LogP contribution in [0, 0.1) is 0 Å². The highest BCUT2D eigenvalue weighted by molar-refractivity contribution is 7.92. The van der Waals surface area contributed by atoms with Crippen LogP contribution in [0.1, 0.15) is 0 Å². The molecule has 7 nitrogen and oxygen atoms in total. The Balaban J connectivity index is 1.83. The summed E-state index contributed by atoms with van der Waals surface area (Å²) in [6, 6.07) is 8.37. The fourth-order valence-electron chi connectivity index (χ4n) is 1.73. The van der Waals surface area contributed by atoms with Gasteiger partial charge in [0.1, 0.15) is 0 Å². The Hall–Kier alpha value is -2.61. The number of rotatable bonds is 4. The van der Waals surface area contributed by atoms with Gasteiger partial charge < -0.3 is 4.98 Å². The average Bonchev–Trinajstić information content (AvgIpc) is 3.13. The van der Waals surface area contributed by atoms with E-state index in [-0.39, 0.29) is 5.03 Å². The predicted octanol–water partition coefficient (Wildman–Crippen LogP) is 1.60. The topological polar surface area (TPSA) is 104 Å². The molecule has 0 radical (unpaired) electrons. The van der Waals surface area contributed by atoms with Gasteiger partial charge in [-0.05, 0) is 23.8 Å². The molecule has 3 aromatic rings. The van der Waals surface area contributed by atoms with Crippen molar-refractivity contribution in [3.8, 4) is 11.3 Å². The van der Waals surface area contributed by atoms with Gasteiger partial charge in [-0.1, -0.05) is 12.1 Å². The number of nitrogens with one attached hydrogen (secondary N) is 3. The van der Waals surface area contributed by atoms with E-state index in [4.69, 9.17) is 0 Å². The van der Waals surface area contributed by atoms with Gasteiger partial charge in [0.15, 0.2) is 5.03 Å². The molecular weight excluding hydrogens is 278 g/mol. The second-order valence-corrected chi connectivity index (χ2v) is 5.72. The minimum Gasteiger partial charge on any atom is -0.345 e. The first kappa shape index (κ1) is 12.4. The lowest BCUT2D eigenvalue weighted by molar-refractivity contribution is 0.597. The standard InChI is InChI=1S/C12H11N5O2S/c18-20(19,12-5-6-15-16-12)17-10-3-1-9(2-4-10)11-7-13-8-14-11/h1-8,17H,(H,13,14)(H,15,16). The van der Waals surface area contributed by atoms with Gasteiger partial charge in [-0.3, -0.25) is 9.82 Å². The number of benzene rings is 1. The van der Waals surface area contributed by atoms with Crippen molar-refractivity contribution in [2.75, 3.05) is 4.72 Å². The number of H-pyrrole nitrogens is 2. The van der Waals surface area contributed by atoms with E-state index in [1.165, 1.54) is 12.3 Å². The molecule has 3 N–H and O–H groups in total. The van der Waals surface area contributed by atoms with E-state index in [2.05, 4.69) is 24.9 Å². The molecule has 0 fully saturated rings. The largest absolute Gasteiger partial charge is 0.345 e. The zero-order valence-corrected chi connectivity index (χ0v) is 11.1. The lowest BCUT2D eigenvalue weighted by Gasteiger charge is -2.06. The maximum Gasteiger partial charge on any atom is 0.278 e. The zero-order valence-electron chi connectivity index (χ0n) is 10.2. The van der Waals surface area contributed by atoms with Crippen LogP contribution in [0.25, 0.3) is 11.3 Å². The van der Waals surface area contributed by atoms with Gasteiger partial charge in [-0.15, -0.1) is 0 Å². The summed E-state index contributed by atoms with van der Waals surface area (Å²) in [5, 5.41) is 6.06. The molecule has 0 saturated heterocycles. The van der Waals surface area contributed by atoms with Crippen molar-refractivity contribution in [1.82, 2.24) is 20.2 Å². The van der Waals surface area contributed by atoms with Crippen LogP contribution in [0.3, 0.4) is 0 Å². The SMILES string of the molecule is O=S(=O)(Nc1ccc(-c2cnc[nH]2)cc1)c1ccn[nH]1. The van der Waals surface area contributed by atoms with E-state index in [1.807, 2.05) is 0 Å². The zero-order chi connectivity index (χ0) is 14.0. The first-order valence-electron chi connectivity index (χ1n) is 5.76. The number of hydrogen-bond donors (Lipinski definition) is 3. The molecule has 0 spiro atoms. The van der Waals surface area contributed by atoms with Crippen LogP contribution in [0.4, 0.5) is 5.69 Å². The number of imidazole rings is 1. The van der Waals surface area contributed by atoms with E-state index >= 15 is 0 Å². The van der Waals surface area contributed by atoms with E-state index in [9.17, 15) is 8.42 Å². The molecular formula is C12H11N5O2S. The van der Waals surface area contributed by atoms with E-state index in [0.717, 1.165) is 11.3 Å². The van der Waals surface area contributed by atoms with Crippen molar-refractivity contribution in [2.24, 2.45) is 0 Å². The number of aromatic amines is 2. The molecule has 0 bridgehead atoms. The lowest BCUT2D eigenvalue weighted by Crippen LogP contribution is -2.13. The highest BCUT2D eigenvalue weighted by atomic mass is 32.2. The molecule has 1 aromatic carbocycles. The molecule has 3 rings (SSSR count). The molecule has 2 heterocycles. The summed E-state index contributed by atoms with van der Waals surface area (Å²) >= 11 is 0. The quantitative estimate of drug-likeness (QED) is 0.678. The van der Waals surface area contributed by atoms with Crippen molar-refractivity contribution in [3.05, 3.63) is 49.1 Å². The first-order valence-corrected chi connectivity index (χ1v) is 7.24. The summed E-state index contributed by atoms with van der Waals surface area (Å²) in [5.74, 6) is 0. The Morgan fingerprint density at radius 3 is 2.50 bits per heavy atom. The van der Waals surface area contributed by atoms with Crippen molar-refractivity contribution < 1.29 is 8.42 Å². The Morgan fingerprint density at radius 1 is 1.10 bits per heavy atom. The summed E-state index contributed by atoms with van der Waals surface area (Å²) in [6.07, 6.45) is 4.67. The average molecular weight is 289 g/mol. The molecule has 102 valence electrons. The summed E-state index contributed by atoms with van der Waals surface area (Å²) in [6.45, 7) is 0. The van der Waals surface area contributed by atoms with Crippen molar-refractivity contribution >= 4 is 15.7 Å². The second-order valence-electron chi connectivity index (χ2n) is 4.07. The Labute approximate surface area is 115 Å². The normalized spacial score (nSPS) is 11.4. The summed E-state index contributed by atoms with van der Waals surface area (Å²) < 4.78 is 26.4. The third-order valence-electron chi connectivity index (χ3n) is 2.71. The number of aromatic nitrogens is 4. The summed E-state index contributed by atoms with van der Waals surface area (Å²) in [5.41, 5.74) is 2.27. The molecule has 20 heavy (non-hydrogen) atoms. The molecule has 8 heteroatoms. The molecule has 0 atom stereocenters. The molecule has 2 aromatic heterocycles. The highest BCUT2D eigenvalue weighted by Gasteiger charge is 2.15. The number of hydrogen-bond acceptors (Lipinski definition) is 4. The van der Waals surface area contributed by atoms with E-state index in [0.29, 0.717) is 5.69 Å². The van der Waals surface area contributed by atoms with Crippen LogP contribution in [0.15, 0.2) is 54.1 Å². The molecule has 0 unspecified atom stereocenters. The summed E-state index contributed by atoms with van der Waals surface area (Å²) in [7, 11) is -3.62. The number of anilines is 1. The molecule has 0 amide bonds. The van der Waals surface area contributed by atoms with E-state index < -0.39 is 10.0 Å². The van der Waals surface area contributed by atoms with Gasteiger partial charge in [0.25, 0.3) is 10.0 Å². The van der Waals surface area contributed by atoms with Crippen LogP contribution in [0.5, 0.6) is 0 Å². The van der Waals surface area contributed by atoms with Crippen LogP contribution in [-0.2, 0) is 10.0 Å². The van der Waals surface area contributed by atoms with Crippen LogP contribution < -0.4 is 4.72 Å². The Kier molecular flexibility index (Phi) is 2.99. The fraction of sp³-hybridized carbons (Fsp3) is 0. The van der Waals surface area contributed by atoms with Crippen LogP contribution in [0.2, 0.25) is 0 Å². The van der Waals surface area contributed by atoms with E-state index in [1.54, 1.807) is 36.8 Å². The predicted molar refractivity (Wildman–Crippen MR) is 73.4 cm³/mol. The highest BCUT2D eigenvalue weighted by Crippen LogP contribution is 2.20. The van der Waals surface area contributed by atoms with Gasteiger partial charge >= 0.3 is 0 Å². The van der Waals surface area contributed by atoms with Crippen LogP contribution in [-0.4, -0.2) is 28.6 Å². The molecule has 0 aliphatic heterocycles. The maximum absolute atomic E-state index is 12.0. The monoisotopic (exact) mass is 289 g/mol. The lowest BCUT2D eigenvalue weighted by atomic mass is 10.1. The van der Waals surface area contributed by atoms with Gasteiger partial charge in [-0.25, -0.2) is 4.98 Å². The van der Waals surface area contributed by atoms with Gasteiger partial charge in [0, 0.05) is 5.69 Å². The maximum atomic E-state index is 12.0. The minimum atomic E-state index is -3.62. The second kappa shape index (κ2) is 4.82. The van der Waals surface area contributed by atoms with Gasteiger partial charge in [-0.2, -0.15) is 13.5 Å². The molecule has 0 aliphatic carbocycles. The van der Waals surface area contributed by atoms with Gasteiger partial charge in [0.2, 0.25) is 0 Å². The summed E-state index contributed by atoms with van der Waals surface area (Å²) in [4.78, 5) is 6.92. The molecule has 0 saturated carbocycles. The first-order chi connectivity index (χ1) is 9.65. The third kappa shape index (κ3) is 2.41. The van der Waals surface area contributed by atoms with Crippen molar-refractivity contribution in [3.63, 3.8) is 0 Å². The Bertz CT molecular complexity index is 777.